The van der Waals surface area contributed by atoms with E-state index in [2.05, 4.69) is 0 Å². The fourth-order valence-electron chi connectivity index (χ4n) is 1.84. The van der Waals surface area contributed by atoms with Crippen LogP contribution in [0.4, 0.5) is 11.4 Å². The molecule has 0 radical (unpaired) electrons. The van der Waals surface area contributed by atoms with Gasteiger partial charge in [0.1, 0.15) is 0 Å². The highest BCUT2D eigenvalue weighted by Crippen LogP contribution is 2.25. The SMILES string of the molecule is CCN(CC(C)(C)O)c1ccc(C)c([N+](=O)[O-])c1. The van der Waals surface area contributed by atoms with Gasteiger partial charge in [0.25, 0.3) is 5.69 Å². The number of benzene rings is 1. The van der Waals surface area contributed by atoms with E-state index in [1.165, 1.54) is 0 Å². The van der Waals surface area contributed by atoms with Gasteiger partial charge in [0.05, 0.1) is 10.5 Å². The van der Waals surface area contributed by atoms with Gasteiger partial charge in [-0.1, -0.05) is 6.07 Å². The third-order valence-electron chi connectivity index (χ3n) is 2.71. The average Bonchev–Trinajstić information content (AvgIpc) is 2.25. The molecule has 0 bridgehead atoms. The summed E-state index contributed by atoms with van der Waals surface area (Å²) in [6.07, 6.45) is 0. The molecule has 0 aliphatic carbocycles. The Hall–Kier alpha value is -1.62. The van der Waals surface area contributed by atoms with Crippen LogP contribution in [0.2, 0.25) is 0 Å². The topological polar surface area (TPSA) is 66.6 Å². The maximum absolute atomic E-state index is 10.9. The van der Waals surface area contributed by atoms with E-state index in [9.17, 15) is 15.2 Å². The molecular formula is C13H20N2O3. The van der Waals surface area contributed by atoms with E-state index in [1.54, 1.807) is 32.9 Å². The Morgan fingerprint density at radius 3 is 2.50 bits per heavy atom. The van der Waals surface area contributed by atoms with Gasteiger partial charge in [-0.05, 0) is 33.8 Å². The Labute approximate surface area is 107 Å². The highest BCUT2D eigenvalue weighted by atomic mass is 16.6. The van der Waals surface area contributed by atoms with Crippen LogP contribution in [0.5, 0.6) is 0 Å². The third kappa shape index (κ3) is 3.70. The van der Waals surface area contributed by atoms with Gasteiger partial charge in [-0.25, -0.2) is 0 Å². The molecule has 0 heterocycles. The highest BCUT2D eigenvalue weighted by Gasteiger charge is 2.20. The number of nitro groups is 1. The summed E-state index contributed by atoms with van der Waals surface area (Å²) in [5, 5.41) is 20.7. The van der Waals surface area contributed by atoms with Crippen LogP contribution in [-0.4, -0.2) is 28.7 Å². The van der Waals surface area contributed by atoms with Crippen molar-refractivity contribution in [2.24, 2.45) is 0 Å². The molecule has 1 N–H and O–H groups in total. The van der Waals surface area contributed by atoms with Crippen LogP contribution >= 0.6 is 0 Å². The monoisotopic (exact) mass is 252 g/mol. The van der Waals surface area contributed by atoms with Crippen LogP contribution in [0.25, 0.3) is 0 Å². The largest absolute Gasteiger partial charge is 0.389 e. The second kappa shape index (κ2) is 5.35. The molecule has 0 spiro atoms. The molecule has 0 atom stereocenters. The van der Waals surface area contributed by atoms with Crippen LogP contribution in [0.15, 0.2) is 18.2 Å². The minimum atomic E-state index is -0.838. The smallest absolute Gasteiger partial charge is 0.274 e. The van der Waals surface area contributed by atoms with Crippen LogP contribution in [-0.2, 0) is 0 Å². The molecule has 0 fully saturated rings. The summed E-state index contributed by atoms with van der Waals surface area (Å²) in [6.45, 7) is 8.23. The maximum atomic E-state index is 10.9. The van der Waals surface area contributed by atoms with Crippen molar-refractivity contribution in [1.29, 1.82) is 0 Å². The molecule has 5 nitrogen and oxygen atoms in total. The number of hydrogen-bond acceptors (Lipinski definition) is 4. The summed E-state index contributed by atoms with van der Waals surface area (Å²) in [7, 11) is 0. The first-order chi connectivity index (χ1) is 8.24. The number of hydrogen-bond donors (Lipinski definition) is 1. The molecule has 0 saturated carbocycles. The van der Waals surface area contributed by atoms with Crippen molar-refractivity contribution in [3.8, 4) is 0 Å². The number of nitro benzene ring substituents is 1. The van der Waals surface area contributed by atoms with Crippen LogP contribution in [0, 0.1) is 17.0 Å². The predicted molar refractivity (Wildman–Crippen MR) is 72.0 cm³/mol. The van der Waals surface area contributed by atoms with Crippen LogP contribution < -0.4 is 4.90 Å². The average molecular weight is 252 g/mol. The normalized spacial score (nSPS) is 11.4. The number of anilines is 1. The predicted octanol–water partition coefficient (Wildman–Crippen LogP) is 2.50. The van der Waals surface area contributed by atoms with Crippen molar-refractivity contribution in [3.63, 3.8) is 0 Å². The van der Waals surface area contributed by atoms with E-state index in [4.69, 9.17) is 0 Å². The molecule has 0 aromatic heterocycles. The minimum Gasteiger partial charge on any atom is -0.389 e. The highest BCUT2D eigenvalue weighted by molar-refractivity contribution is 5.56. The third-order valence-corrected chi connectivity index (χ3v) is 2.71. The molecule has 1 aromatic rings. The van der Waals surface area contributed by atoms with Gasteiger partial charge in [0.15, 0.2) is 0 Å². The molecular weight excluding hydrogens is 232 g/mol. The maximum Gasteiger partial charge on any atom is 0.274 e. The van der Waals surface area contributed by atoms with Crippen molar-refractivity contribution in [1.82, 2.24) is 0 Å². The minimum absolute atomic E-state index is 0.113. The Kier molecular flexibility index (Phi) is 4.29. The second-order valence-electron chi connectivity index (χ2n) is 5.05. The molecule has 1 aromatic carbocycles. The fourth-order valence-corrected chi connectivity index (χ4v) is 1.84. The zero-order valence-electron chi connectivity index (χ0n) is 11.3. The van der Waals surface area contributed by atoms with E-state index in [0.29, 0.717) is 18.7 Å². The van der Waals surface area contributed by atoms with Gasteiger partial charge < -0.3 is 10.0 Å². The molecule has 0 amide bonds. The summed E-state index contributed by atoms with van der Waals surface area (Å²) in [5.41, 5.74) is 0.678. The van der Waals surface area contributed by atoms with Gasteiger partial charge in [-0.3, -0.25) is 10.1 Å². The first kappa shape index (κ1) is 14.4. The molecule has 0 saturated heterocycles. The van der Waals surface area contributed by atoms with Crippen LogP contribution in [0.1, 0.15) is 26.3 Å². The van der Waals surface area contributed by atoms with Crippen molar-refractivity contribution >= 4 is 11.4 Å². The quantitative estimate of drug-likeness (QED) is 0.646. The van der Waals surface area contributed by atoms with Crippen molar-refractivity contribution in [2.75, 3.05) is 18.0 Å². The van der Waals surface area contributed by atoms with E-state index in [1.807, 2.05) is 17.9 Å². The van der Waals surface area contributed by atoms with E-state index in [-0.39, 0.29) is 10.6 Å². The Morgan fingerprint density at radius 1 is 1.44 bits per heavy atom. The molecule has 0 unspecified atom stereocenters. The number of likely N-dealkylation sites (N-methyl/N-ethyl adjacent to an activating group) is 1. The molecule has 0 aliphatic heterocycles. The lowest BCUT2D eigenvalue weighted by Gasteiger charge is -2.29. The fraction of sp³-hybridized carbons (Fsp3) is 0.538. The molecule has 5 heteroatoms. The van der Waals surface area contributed by atoms with Gasteiger partial charge in [0.2, 0.25) is 0 Å². The van der Waals surface area contributed by atoms with Crippen molar-refractivity contribution in [3.05, 3.63) is 33.9 Å². The molecule has 18 heavy (non-hydrogen) atoms. The summed E-state index contributed by atoms with van der Waals surface area (Å²) >= 11 is 0. The standard InChI is InChI=1S/C13H20N2O3/c1-5-14(9-13(3,4)16)11-7-6-10(2)12(8-11)15(17)18/h6-8,16H,5,9H2,1-4H3. The first-order valence-corrected chi connectivity index (χ1v) is 5.97. The Morgan fingerprint density at radius 2 is 2.06 bits per heavy atom. The van der Waals surface area contributed by atoms with Crippen molar-refractivity contribution in [2.45, 2.75) is 33.3 Å². The van der Waals surface area contributed by atoms with Gasteiger partial charge >= 0.3 is 0 Å². The summed E-state index contributed by atoms with van der Waals surface area (Å²) in [5.74, 6) is 0. The summed E-state index contributed by atoms with van der Waals surface area (Å²) in [6, 6.07) is 5.14. The van der Waals surface area contributed by atoms with Crippen LogP contribution in [0.3, 0.4) is 0 Å². The lowest BCUT2D eigenvalue weighted by molar-refractivity contribution is -0.385. The zero-order chi connectivity index (χ0) is 13.9. The lowest BCUT2D eigenvalue weighted by atomic mass is 10.1. The number of nitrogens with zero attached hydrogens (tertiary/aromatic N) is 2. The summed E-state index contributed by atoms with van der Waals surface area (Å²) in [4.78, 5) is 12.5. The van der Waals surface area contributed by atoms with Gasteiger partial charge in [-0.15, -0.1) is 0 Å². The summed E-state index contributed by atoms with van der Waals surface area (Å²) < 4.78 is 0. The number of aryl methyl sites for hydroxylation is 1. The number of aliphatic hydroxyl groups is 1. The van der Waals surface area contributed by atoms with E-state index < -0.39 is 5.60 Å². The molecule has 1 rings (SSSR count). The number of rotatable bonds is 5. The van der Waals surface area contributed by atoms with E-state index in [0.717, 1.165) is 5.69 Å². The van der Waals surface area contributed by atoms with Gasteiger partial charge in [-0.2, -0.15) is 0 Å². The molecule has 0 aliphatic rings. The van der Waals surface area contributed by atoms with Gasteiger partial charge in [0, 0.05) is 30.4 Å². The Balaban J connectivity index is 3.07. The molecule has 100 valence electrons. The lowest BCUT2D eigenvalue weighted by Crippen LogP contribution is -2.38. The Bertz CT molecular complexity index is 438. The van der Waals surface area contributed by atoms with E-state index >= 15 is 0 Å². The first-order valence-electron chi connectivity index (χ1n) is 5.97. The second-order valence-corrected chi connectivity index (χ2v) is 5.05. The zero-order valence-corrected chi connectivity index (χ0v) is 11.3. The van der Waals surface area contributed by atoms with Crippen molar-refractivity contribution < 1.29 is 10.0 Å².